The van der Waals surface area contributed by atoms with E-state index >= 15 is 0 Å². The summed E-state index contributed by atoms with van der Waals surface area (Å²) in [5, 5.41) is 8.44. The standard InChI is InChI=1S/C31H49N5O6/c1-16(37)22(18-10-8-7-9-11-18)34-29(42)35-25(30(2,3)4)28(41)36-15-19-21(31(19,5)6)23(36)27(40)33-20(14-17-12-13-17)24(38)26(32)39/h17-23,25H,7-15H2,1-6H3,(H2,32,39)(H,33,40)(H2,34,35,42)/t19-,20?,21-,22+,23-,25+/m0/s1. The first-order valence-corrected chi connectivity index (χ1v) is 15.6. The summed E-state index contributed by atoms with van der Waals surface area (Å²) in [6.07, 6.45) is 7.10. The minimum absolute atomic E-state index is 0.0680. The van der Waals surface area contributed by atoms with E-state index in [0.717, 1.165) is 44.9 Å². The second-order valence-corrected chi connectivity index (χ2v) is 14.8. The van der Waals surface area contributed by atoms with E-state index in [0.29, 0.717) is 13.0 Å². The van der Waals surface area contributed by atoms with Crippen molar-refractivity contribution in [1.29, 1.82) is 0 Å². The smallest absolute Gasteiger partial charge is 0.316 e. The van der Waals surface area contributed by atoms with E-state index in [4.69, 9.17) is 5.73 Å². The van der Waals surface area contributed by atoms with Crippen molar-refractivity contribution in [2.45, 2.75) is 117 Å². The fraction of sp³-hybridized carbons (Fsp3) is 0.806. The normalized spacial score (nSPS) is 27.2. The number of nitrogens with one attached hydrogen (secondary N) is 3. The predicted octanol–water partition coefficient (Wildman–Crippen LogP) is 2.06. The van der Waals surface area contributed by atoms with Gasteiger partial charge in [0.05, 0.1) is 12.1 Å². The molecular formula is C31H49N5O6. The highest BCUT2D eigenvalue weighted by molar-refractivity contribution is 6.37. The molecule has 42 heavy (non-hydrogen) atoms. The number of carbonyl (C=O) groups excluding carboxylic acids is 6. The Balaban J connectivity index is 1.51. The zero-order valence-electron chi connectivity index (χ0n) is 26.0. The van der Waals surface area contributed by atoms with Crippen LogP contribution < -0.4 is 21.7 Å². The molecule has 0 aromatic heterocycles. The lowest BCUT2D eigenvalue weighted by molar-refractivity contribution is -0.145. The molecule has 0 bridgehead atoms. The summed E-state index contributed by atoms with van der Waals surface area (Å²) in [5.41, 5.74) is 4.40. The molecule has 11 nitrogen and oxygen atoms in total. The van der Waals surface area contributed by atoms with Crippen LogP contribution in [0.5, 0.6) is 0 Å². The number of urea groups is 1. The molecule has 5 N–H and O–H groups in total. The number of amides is 5. The molecule has 234 valence electrons. The third kappa shape index (κ3) is 6.80. The maximum Gasteiger partial charge on any atom is 0.316 e. The first kappa shape index (κ1) is 31.9. The van der Waals surface area contributed by atoms with Gasteiger partial charge in [0.2, 0.25) is 17.6 Å². The first-order chi connectivity index (χ1) is 19.5. The fourth-order valence-electron chi connectivity index (χ4n) is 7.31. The number of piperidine rings is 1. The van der Waals surface area contributed by atoms with E-state index in [1.807, 2.05) is 20.8 Å². The van der Waals surface area contributed by atoms with Crippen LogP contribution >= 0.6 is 0 Å². The van der Waals surface area contributed by atoms with Crippen LogP contribution in [0.2, 0.25) is 0 Å². The van der Waals surface area contributed by atoms with Gasteiger partial charge >= 0.3 is 6.03 Å². The Kier molecular flexibility index (Phi) is 9.09. The third-order valence-corrected chi connectivity index (χ3v) is 10.1. The van der Waals surface area contributed by atoms with Crippen molar-refractivity contribution in [1.82, 2.24) is 20.9 Å². The number of Topliss-reactive ketones (excluding diaryl/α,β-unsaturated/α-hetero) is 2. The van der Waals surface area contributed by atoms with Gasteiger partial charge in [-0.15, -0.1) is 0 Å². The summed E-state index contributed by atoms with van der Waals surface area (Å²) >= 11 is 0. The topological polar surface area (TPSA) is 168 Å². The number of nitrogens with zero attached hydrogens (tertiary/aromatic N) is 1. The van der Waals surface area contributed by atoms with Crippen molar-refractivity contribution in [3.63, 3.8) is 0 Å². The van der Waals surface area contributed by atoms with Gasteiger partial charge in [-0.1, -0.05) is 66.7 Å². The summed E-state index contributed by atoms with van der Waals surface area (Å²) in [4.78, 5) is 79.4. The Morgan fingerprint density at radius 3 is 2.07 bits per heavy atom. The quantitative estimate of drug-likeness (QED) is 0.270. The van der Waals surface area contributed by atoms with Gasteiger partial charge < -0.3 is 26.6 Å². The average Bonchev–Trinajstić information content (AvgIpc) is 3.76. The van der Waals surface area contributed by atoms with Crippen molar-refractivity contribution in [3.05, 3.63) is 0 Å². The summed E-state index contributed by atoms with van der Waals surface area (Å²) < 4.78 is 0. The summed E-state index contributed by atoms with van der Waals surface area (Å²) in [6.45, 7) is 11.5. The van der Waals surface area contributed by atoms with E-state index in [-0.39, 0.29) is 34.9 Å². The predicted molar refractivity (Wildman–Crippen MR) is 156 cm³/mol. The number of rotatable bonds is 11. The Morgan fingerprint density at radius 2 is 1.55 bits per heavy atom. The van der Waals surface area contributed by atoms with E-state index in [1.54, 1.807) is 0 Å². The van der Waals surface area contributed by atoms with Crippen molar-refractivity contribution in [2.24, 2.45) is 40.2 Å². The fourth-order valence-corrected chi connectivity index (χ4v) is 7.31. The van der Waals surface area contributed by atoms with Gasteiger partial charge in [0.25, 0.3) is 5.91 Å². The molecule has 4 rings (SSSR count). The third-order valence-electron chi connectivity index (χ3n) is 10.1. The van der Waals surface area contributed by atoms with Crippen molar-refractivity contribution in [3.8, 4) is 0 Å². The molecule has 6 atom stereocenters. The summed E-state index contributed by atoms with van der Waals surface area (Å²) in [5.74, 6) is -2.61. The molecule has 1 heterocycles. The van der Waals surface area contributed by atoms with Gasteiger partial charge in [-0.3, -0.25) is 24.0 Å². The number of fused-ring (bicyclic) bond motifs is 1. The minimum Gasteiger partial charge on any atom is -0.363 e. The van der Waals surface area contributed by atoms with E-state index in [2.05, 4.69) is 29.8 Å². The molecule has 5 amide bonds. The number of ketones is 2. The van der Waals surface area contributed by atoms with Gasteiger partial charge in [-0.05, 0) is 60.7 Å². The monoisotopic (exact) mass is 587 g/mol. The first-order valence-electron chi connectivity index (χ1n) is 15.6. The average molecular weight is 588 g/mol. The highest BCUT2D eigenvalue weighted by Gasteiger charge is 2.70. The zero-order chi connectivity index (χ0) is 31.1. The molecule has 1 unspecified atom stereocenters. The van der Waals surface area contributed by atoms with Crippen LogP contribution in [-0.4, -0.2) is 70.9 Å². The van der Waals surface area contributed by atoms with Crippen LogP contribution in [0.15, 0.2) is 0 Å². The van der Waals surface area contributed by atoms with Crippen LogP contribution in [-0.2, 0) is 24.0 Å². The summed E-state index contributed by atoms with van der Waals surface area (Å²) in [6, 6.07) is -4.04. The van der Waals surface area contributed by atoms with Crippen LogP contribution in [0.25, 0.3) is 0 Å². The van der Waals surface area contributed by atoms with E-state index in [9.17, 15) is 28.8 Å². The van der Waals surface area contributed by atoms with Gasteiger partial charge in [0.15, 0.2) is 5.78 Å². The van der Waals surface area contributed by atoms with Crippen molar-refractivity contribution in [2.75, 3.05) is 6.54 Å². The molecule has 1 aliphatic heterocycles. The van der Waals surface area contributed by atoms with Crippen LogP contribution in [0, 0.1) is 34.5 Å². The van der Waals surface area contributed by atoms with Gasteiger partial charge in [0, 0.05) is 6.54 Å². The molecule has 4 fully saturated rings. The van der Waals surface area contributed by atoms with Crippen LogP contribution in [0.3, 0.4) is 0 Å². The number of hydrogen-bond donors (Lipinski definition) is 4. The second-order valence-electron chi connectivity index (χ2n) is 14.8. The number of hydrogen-bond acceptors (Lipinski definition) is 6. The summed E-state index contributed by atoms with van der Waals surface area (Å²) in [7, 11) is 0. The molecule has 0 radical (unpaired) electrons. The lowest BCUT2D eigenvalue weighted by atomic mass is 9.82. The lowest BCUT2D eigenvalue weighted by Gasteiger charge is -2.38. The molecule has 1 saturated heterocycles. The Hall–Kier alpha value is -2.98. The molecule has 3 saturated carbocycles. The molecule has 0 spiro atoms. The number of primary amides is 1. The maximum absolute atomic E-state index is 14.2. The van der Waals surface area contributed by atoms with Gasteiger partial charge in [-0.25, -0.2) is 4.79 Å². The molecule has 0 aromatic carbocycles. The van der Waals surface area contributed by atoms with Crippen molar-refractivity contribution >= 4 is 35.3 Å². The van der Waals surface area contributed by atoms with Gasteiger partial charge in [-0.2, -0.15) is 0 Å². The van der Waals surface area contributed by atoms with Crippen LogP contribution in [0.1, 0.15) is 92.9 Å². The minimum atomic E-state index is -1.09. The highest BCUT2D eigenvalue weighted by atomic mass is 16.2. The maximum atomic E-state index is 14.2. The lowest BCUT2D eigenvalue weighted by Crippen LogP contribution is -2.62. The highest BCUT2D eigenvalue weighted by Crippen LogP contribution is 2.65. The Labute approximate surface area is 248 Å². The van der Waals surface area contributed by atoms with E-state index < -0.39 is 59.1 Å². The molecule has 4 aliphatic rings. The van der Waals surface area contributed by atoms with E-state index in [1.165, 1.54) is 11.8 Å². The number of carbonyl (C=O) groups is 6. The molecule has 3 aliphatic carbocycles. The Morgan fingerprint density at radius 1 is 0.929 bits per heavy atom. The second kappa shape index (κ2) is 12.0. The van der Waals surface area contributed by atoms with Gasteiger partial charge in [0.1, 0.15) is 12.1 Å². The van der Waals surface area contributed by atoms with Crippen molar-refractivity contribution < 1.29 is 28.8 Å². The largest absolute Gasteiger partial charge is 0.363 e. The van der Waals surface area contributed by atoms with Crippen LogP contribution in [0.4, 0.5) is 4.79 Å². The number of likely N-dealkylation sites (tertiary alicyclic amines) is 1. The molecule has 0 aromatic rings. The SMILES string of the molecule is CC(=O)[C@@H](NC(=O)N[C@H](C(=O)N1C[C@H]2[C@@H]([C@H]1C(=O)NC(CC1CC1)C(=O)C(N)=O)C2(C)C)C(C)(C)C)C1CCCCC1. The Bertz CT molecular complexity index is 1120. The number of nitrogens with two attached hydrogens (primary N) is 1. The molecular weight excluding hydrogens is 538 g/mol. The molecule has 11 heteroatoms. The zero-order valence-corrected chi connectivity index (χ0v) is 26.0.